The molecule has 0 aliphatic heterocycles. The molecule has 1 heterocycles. The van der Waals surface area contributed by atoms with Crippen molar-refractivity contribution in [2.75, 3.05) is 20.2 Å². The Labute approximate surface area is 107 Å². The zero-order valence-corrected chi connectivity index (χ0v) is 11.7. The number of halogens is 1. The van der Waals surface area contributed by atoms with Crippen LogP contribution in [0.15, 0.2) is 4.47 Å². The van der Waals surface area contributed by atoms with Crippen LogP contribution in [0.2, 0.25) is 0 Å². The van der Waals surface area contributed by atoms with E-state index in [1.807, 2.05) is 6.92 Å². The van der Waals surface area contributed by atoms with Crippen molar-refractivity contribution in [2.45, 2.75) is 13.3 Å². The van der Waals surface area contributed by atoms with E-state index in [1.165, 1.54) is 11.3 Å². The summed E-state index contributed by atoms with van der Waals surface area (Å²) >= 11 is 4.81. The number of amides is 1. The maximum absolute atomic E-state index is 11.8. The minimum atomic E-state index is -0.107. The molecule has 0 saturated carbocycles. The molecule has 1 rings (SSSR count). The normalized spacial score (nSPS) is 10.2. The van der Waals surface area contributed by atoms with Crippen LogP contribution in [0.5, 0.6) is 5.75 Å². The van der Waals surface area contributed by atoms with E-state index in [0.29, 0.717) is 23.7 Å². The third-order valence-electron chi connectivity index (χ3n) is 2.05. The van der Waals surface area contributed by atoms with Crippen molar-refractivity contribution in [3.05, 3.63) is 14.2 Å². The molecule has 1 aromatic heterocycles. The summed E-state index contributed by atoms with van der Waals surface area (Å²) in [6.45, 7) is 3.10. The van der Waals surface area contributed by atoms with Crippen molar-refractivity contribution in [3.8, 4) is 5.75 Å². The summed E-state index contributed by atoms with van der Waals surface area (Å²) in [7, 11) is 1.56. The first-order valence-electron chi connectivity index (χ1n) is 4.93. The molecular weight excluding hydrogens is 292 g/mol. The fraction of sp³-hybridized carbons (Fsp3) is 0.500. The second kappa shape index (κ2) is 6.22. The highest BCUT2D eigenvalue weighted by atomic mass is 79.9. The van der Waals surface area contributed by atoms with Crippen molar-refractivity contribution in [1.29, 1.82) is 0 Å². The quantitative estimate of drug-likeness (QED) is 0.817. The molecule has 0 atom stereocenters. The van der Waals surface area contributed by atoms with Crippen LogP contribution in [0, 0.1) is 6.92 Å². The Morgan fingerprint density at radius 1 is 1.62 bits per heavy atom. The summed E-state index contributed by atoms with van der Waals surface area (Å²) in [4.78, 5) is 13.5. The van der Waals surface area contributed by atoms with Crippen LogP contribution in [-0.2, 0) is 0 Å². The Kier molecular flexibility index (Phi) is 5.24. The van der Waals surface area contributed by atoms with E-state index in [-0.39, 0.29) is 5.91 Å². The molecular formula is C10H15BrN2O2S. The zero-order chi connectivity index (χ0) is 12.1. The van der Waals surface area contributed by atoms with Crippen molar-refractivity contribution >= 4 is 33.2 Å². The van der Waals surface area contributed by atoms with Gasteiger partial charge in [0.15, 0.2) is 5.75 Å². The topological polar surface area (TPSA) is 64.3 Å². The number of hydrogen-bond acceptors (Lipinski definition) is 4. The summed E-state index contributed by atoms with van der Waals surface area (Å²) in [6, 6.07) is 0. The first-order chi connectivity index (χ1) is 7.61. The molecule has 6 heteroatoms. The second-order valence-corrected chi connectivity index (χ2v) is 5.25. The summed E-state index contributed by atoms with van der Waals surface area (Å²) in [5.41, 5.74) is 5.36. The first kappa shape index (κ1) is 13.5. The van der Waals surface area contributed by atoms with Crippen LogP contribution < -0.4 is 15.8 Å². The van der Waals surface area contributed by atoms with Gasteiger partial charge in [-0.25, -0.2) is 0 Å². The molecule has 0 bridgehead atoms. The number of methoxy groups -OCH3 is 1. The Balaban J connectivity index is 2.78. The molecule has 0 saturated heterocycles. The fourth-order valence-corrected chi connectivity index (χ4v) is 2.89. The molecule has 0 aromatic carbocycles. The van der Waals surface area contributed by atoms with Crippen LogP contribution in [0.4, 0.5) is 0 Å². The molecule has 0 unspecified atom stereocenters. The molecule has 1 amide bonds. The second-order valence-electron chi connectivity index (χ2n) is 3.23. The fourth-order valence-electron chi connectivity index (χ4n) is 1.22. The van der Waals surface area contributed by atoms with Gasteiger partial charge in [0.1, 0.15) is 4.88 Å². The first-order valence-corrected chi connectivity index (χ1v) is 6.54. The van der Waals surface area contributed by atoms with Crippen molar-refractivity contribution < 1.29 is 9.53 Å². The van der Waals surface area contributed by atoms with E-state index in [2.05, 4.69) is 21.2 Å². The Morgan fingerprint density at radius 2 is 2.31 bits per heavy atom. The summed E-state index contributed by atoms with van der Waals surface area (Å²) in [6.07, 6.45) is 0.777. The molecule has 1 aromatic rings. The van der Waals surface area contributed by atoms with Crippen LogP contribution in [0.25, 0.3) is 0 Å². The smallest absolute Gasteiger partial charge is 0.265 e. The highest BCUT2D eigenvalue weighted by molar-refractivity contribution is 9.10. The number of carbonyl (C=O) groups excluding carboxylic acids is 1. The van der Waals surface area contributed by atoms with Gasteiger partial charge in [0.05, 0.1) is 11.6 Å². The zero-order valence-electron chi connectivity index (χ0n) is 9.30. The van der Waals surface area contributed by atoms with Gasteiger partial charge in [-0.05, 0) is 35.8 Å². The minimum Gasteiger partial charge on any atom is -0.494 e. The van der Waals surface area contributed by atoms with Gasteiger partial charge in [-0.3, -0.25) is 4.79 Å². The van der Waals surface area contributed by atoms with E-state index in [9.17, 15) is 4.79 Å². The predicted octanol–water partition coefficient (Wildman–Crippen LogP) is 1.91. The molecule has 0 radical (unpaired) electrons. The molecule has 16 heavy (non-hydrogen) atoms. The number of aryl methyl sites for hydroxylation is 1. The molecule has 0 fully saturated rings. The van der Waals surface area contributed by atoms with Crippen LogP contribution in [0.3, 0.4) is 0 Å². The number of nitrogens with two attached hydrogens (primary N) is 1. The summed E-state index contributed by atoms with van der Waals surface area (Å²) in [5, 5.41) is 2.81. The lowest BCUT2D eigenvalue weighted by atomic mass is 10.3. The van der Waals surface area contributed by atoms with Gasteiger partial charge in [0.25, 0.3) is 5.91 Å². The average molecular weight is 307 g/mol. The number of thiophene rings is 1. The van der Waals surface area contributed by atoms with Gasteiger partial charge in [-0.15, -0.1) is 11.3 Å². The largest absolute Gasteiger partial charge is 0.494 e. The maximum atomic E-state index is 11.8. The molecule has 90 valence electrons. The lowest BCUT2D eigenvalue weighted by molar-refractivity contribution is 0.0955. The standard InChI is InChI=1S/C10H15BrN2O2S/c1-6-7(11)8(15-2)9(16-6)10(14)13-5-3-4-12/h3-5,12H2,1-2H3,(H,13,14). The number of nitrogens with one attached hydrogen (secondary N) is 1. The van der Waals surface area contributed by atoms with Gasteiger partial charge >= 0.3 is 0 Å². The van der Waals surface area contributed by atoms with E-state index in [0.717, 1.165) is 15.8 Å². The van der Waals surface area contributed by atoms with Gasteiger partial charge in [-0.2, -0.15) is 0 Å². The SMILES string of the molecule is COc1c(C(=O)NCCCN)sc(C)c1Br. The number of ether oxygens (including phenoxy) is 1. The van der Waals surface area contributed by atoms with Crippen molar-refractivity contribution in [1.82, 2.24) is 5.32 Å². The van der Waals surface area contributed by atoms with E-state index in [4.69, 9.17) is 10.5 Å². The van der Waals surface area contributed by atoms with Crippen LogP contribution in [-0.4, -0.2) is 26.1 Å². The van der Waals surface area contributed by atoms with Crippen molar-refractivity contribution in [2.24, 2.45) is 5.73 Å². The molecule has 3 N–H and O–H groups in total. The highest BCUT2D eigenvalue weighted by Crippen LogP contribution is 2.38. The van der Waals surface area contributed by atoms with E-state index in [1.54, 1.807) is 7.11 Å². The summed E-state index contributed by atoms with van der Waals surface area (Å²) in [5.74, 6) is 0.497. The van der Waals surface area contributed by atoms with E-state index < -0.39 is 0 Å². The molecule has 0 aliphatic rings. The van der Waals surface area contributed by atoms with Crippen LogP contribution >= 0.6 is 27.3 Å². The monoisotopic (exact) mass is 306 g/mol. The lowest BCUT2D eigenvalue weighted by Gasteiger charge is -2.04. The number of carbonyl (C=O) groups is 1. The minimum absolute atomic E-state index is 0.107. The Bertz CT molecular complexity index is 379. The van der Waals surface area contributed by atoms with Crippen molar-refractivity contribution in [3.63, 3.8) is 0 Å². The van der Waals surface area contributed by atoms with Gasteiger partial charge < -0.3 is 15.8 Å². The molecule has 0 spiro atoms. The Morgan fingerprint density at radius 3 is 2.88 bits per heavy atom. The van der Waals surface area contributed by atoms with Gasteiger partial charge in [0, 0.05) is 11.4 Å². The lowest BCUT2D eigenvalue weighted by Crippen LogP contribution is -2.25. The number of rotatable bonds is 5. The van der Waals surface area contributed by atoms with E-state index >= 15 is 0 Å². The highest BCUT2D eigenvalue weighted by Gasteiger charge is 2.20. The van der Waals surface area contributed by atoms with Gasteiger partial charge in [0.2, 0.25) is 0 Å². The third-order valence-corrected chi connectivity index (χ3v) is 4.35. The predicted molar refractivity (Wildman–Crippen MR) is 69.3 cm³/mol. The van der Waals surface area contributed by atoms with Gasteiger partial charge in [-0.1, -0.05) is 0 Å². The van der Waals surface area contributed by atoms with Crippen LogP contribution in [0.1, 0.15) is 21.0 Å². The summed E-state index contributed by atoms with van der Waals surface area (Å²) < 4.78 is 6.05. The molecule has 0 aliphatic carbocycles. The Hall–Kier alpha value is -0.590. The third kappa shape index (κ3) is 2.96. The average Bonchev–Trinajstić information content (AvgIpc) is 2.55. The maximum Gasteiger partial charge on any atom is 0.265 e. The molecule has 4 nitrogen and oxygen atoms in total. The number of hydrogen-bond donors (Lipinski definition) is 2.